The molecular formula is C18H27N3O2. The Morgan fingerprint density at radius 2 is 1.91 bits per heavy atom. The van der Waals surface area contributed by atoms with Crippen LogP contribution in [0.15, 0.2) is 24.3 Å². The largest absolute Gasteiger partial charge is 0.349 e. The van der Waals surface area contributed by atoms with E-state index in [0.29, 0.717) is 23.2 Å². The molecule has 0 heterocycles. The second-order valence-electron chi connectivity index (χ2n) is 6.80. The summed E-state index contributed by atoms with van der Waals surface area (Å²) in [4.78, 5) is 24.0. The number of amides is 3. The lowest BCUT2D eigenvalue weighted by molar-refractivity contribution is 0.0951. The van der Waals surface area contributed by atoms with E-state index in [-0.39, 0.29) is 18.0 Å². The number of benzene rings is 1. The first kappa shape index (κ1) is 17.3. The molecule has 2 rings (SSSR count). The number of carbonyl (C=O) groups excluding carboxylic acids is 2. The van der Waals surface area contributed by atoms with Gasteiger partial charge in [0, 0.05) is 23.3 Å². The molecule has 0 unspecified atom stereocenters. The topological polar surface area (TPSA) is 70.2 Å². The first-order chi connectivity index (χ1) is 10.9. The van der Waals surface area contributed by atoms with Crippen LogP contribution < -0.4 is 16.0 Å². The van der Waals surface area contributed by atoms with Crippen LogP contribution in [0.3, 0.4) is 0 Å². The summed E-state index contributed by atoms with van der Waals surface area (Å²) in [6.07, 6.45) is 4.15. The summed E-state index contributed by atoms with van der Waals surface area (Å²) in [6, 6.07) is 7.23. The monoisotopic (exact) mass is 317 g/mol. The highest BCUT2D eigenvalue weighted by Crippen LogP contribution is 2.20. The van der Waals surface area contributed by atoms with Crippen LogP contribution >= 0.6 is 0 Å². The molecule has 0 spiro atoms. The summed E-state index contributed by atoms with van der Waals surface area (Å²) in [5, 5.41) is 8.66. The van der Waals surface area contributed by atoms with E-state index in [1.807, 2.05) is 6.92 Å². The van der Waals surface area contributed by atoms with Crippen LogP contribution in [0.25, 0.3) is 0 Å². The van der Waals surface area contributed by atoms with Crippen molar-refractivity contribution in [2.24, 2.45) is 5.92 Å². The maximum absolute atomic E-state index is 12.0. The van der Waals surface area contributed by atoms with Gasteiger partial charge in [0.05, 0.1) is 0 Å². The molecule has 5 heteroatoms. The minimum atomic E-state index is -0.235. The van der Waals surface area contributed by atoms with Gasteiger partial charge in [0.15, 0.2) is 0 Å². The zero-order valence-corrected chi connectivity index (χ0v) is 14.2. The lowest BCUT2D eigenvalue weighted by Gasteiger charge is -2.16. The molecule has 0 radical (unpaired) electrons. The standard InChI is InChI=1S/C18H27N3O2/c1-12(2)7-8-13(3)19-18(23)21-16-6-4-5-14(11-16)17(22)20-15-9-10-15/h4-6,11-13,15H,7-10H2,1-3H3,(H,20,22)(H2,19,21,23)/t13-/m0/s1. The van der Waals surface area contributed by atoms with Gasteiger partial charge >= 0.3 is 6.03 Å². The van der Waals surface area contributed by atoms with Crippen LogP contribution in [0, 0.1) is 5.92 Å². The first-order valence-electron chi connectivity index (χ1n) is 8.42. The van der Waals surface area contributed by atoms with Crippen LogP contribution in [0.1, 0.15) is 56.8 Å². The number of rotatable bonds is 7. The van der Waals surface area contributed by atoms with Crippen molar-refractivity contribution in [1.29, 1.82) is 0 Å². The lowest BCUT2D eigenvalue weighted by Crippen LogP contribution is -2.36. The van der Waals surface area contributed by atoms with Crippen molar-refractivity contribution in [3.05, 3.63) is 29.8 Å². The highest BCUT2D eigenvalue weighted by molar-refractivity contribution is 5.97. The molecule has 1 aliphatic carbocycles. The van der Waals surface area contributed by atoms with E-state index in [1.165, 1.54) is 0 Å². The molecule has 1 aliphatic rings. The molecule has 0 saturated heterocycles. The highest BCUT2D eigenvalue weighted by Gasteiger charge is 2.23. The van der Waals surface area contributed by atoms with E-state index >= 15 is 0 Å². The molecular weight excluding hydrogens is 290 g/mol. The number of carbonyl (C=O) groups is 2. The molecule has 3 N–H and O–H groups in total. The summed E-state index contributed by atoms with van der Waals surface area (Å²) in [7, 11) is 0. The fourth-order valence-electron chi connectivity index (χ4n) is 2.28. The average Bonchev–Trinajstić information content (AvgIpc) is 3.29. The van der Waals surface area contributed by atoms with Crippen molar-refractivity contribution in [1.82, 2.24) is 10.6 Å². The van der Waals surface area contributed by atoms with E-state index in [2.05, 4.69) is 29.8 Å². The Balaban J connectivity index is 1.84. The molecule has 0 aromatic heterocycles. The molecule has 1 atom stereocenters. The molecule has 126 valence electrons. The van der Waals surface area contributed by atoms with E-state index in [9.17, 15) is 9.59 Å². The zero-order chi connectivity index (χ0) is 16.8. The van der Waals surface area contributed by atoms with E-state index in [0.717, 1.165) is 25.7 Å². The Morgan fingerprint density at radius 1 is 1.17 bits per heavy atom. The van der Waals surface area contributed by atoms with E-state index in [1.54, 1.807) is 24.3 Å². The van der Waals surface area contributed by atoms with E-state index in [4.69, 9.17) is 0 Å². The molecule has 1 aromatic rings. The van der Waals surface area contributed by atoms with Crippen molar-refractivity contribution in [2.45, 2.75) is 58.5 Å². The SMILES string of the molecule is CC(C)CC[C@H](C)NC(=O)Nc1cccc(C(=O)NC2CC2)c1. The number of urea groups is 1. The van der Waals surface area contributed by atoms with Gasteiger partial charge in [-0.3, -0.25) is 4.79 Å². The summed E-state index contributed by atoms with van der Waals surface area (Å²) in [5.41, 5.74) is 1.20. The van der Waals surface area contributed by atoms with Gasteiger partial charge in [-0.2, -0.15) is 0 Å². The van der Waals surface area contributed by atoms with Gasteiger partial charge < -0.3 is 16.0 Å². The maximum Gasteiger partial charge on any atom is 0.319 e. The number of hydrogen-bond acceptors (Lipinski definition) is 2. The molecule has 0 bridgehead atoms. The van der Waals surface area contributed by atoms with Crippen LogP contribution in [0.4, 0.5) is 10.5 Å². The Bertz CT molecular complexity index is 553. The van der Waals surface area contributed by atoms with Gasteiger partial charge in [0.25, 0.3) is 5.91 Å². The fraction of sp³-hybridized carbons (Fsp3) is 0.556. The molecule has 1 saturated carbocycles. The quantitative estimate of drug-likeness (QED) is 0.720. The van der Waals surface area contributed by atoms with Crippen LogP contribution in [0.2, 0.25) is 0 Å². The van der Waals surface area contributed by atoms with Crippen molar-refractivity contribution in [3.63, 3.8) is 0 Å². The van der Waals surface area contributed by atoms with Gasteiger partial charge in [-0.1, -0.05) is 19.9 Å². The van der Waals surface area contributed by atoms with Crippen molar-refractivity contribution >= 4 is 17.6 Å². The van der Waals surface area contributed by atoms with Crippen LogP contribution in [-0.2, 0) is 0 Å². The van der Waals surface area contributed by atoms with Crippen LogP contribution in [0.5, 0.6) is 0 Å². The Hall–Kier alpha value is -2.04. The summed E-state index contributed by atoms with van der Waals surface area (Å²) >= 11 is 0. The van der Waals surface area contributed by atoms with Crippen molar-refractivity contribution < 1.29 is 9.59 Å². The second-order valence-corrected chi connectivity index (χ2v) is 6.80. The van der Waals surface area contributed by atoms with Gasteiger partial charge in [-0.25, -0.2) is 4.79 Å². The summed E-state index contributed by atoms with van der Waals surface area (Å²) in [5.74, 6) is 0.547. The third kappa shape index (κ3) is 6.30. The smallest absolute Gasteiger partial charge is 0.319 e. The number of hydrogen-bond donors (Lipinski definition) is 3. The van der Waals surface area contributed by atoms with Gasteiger partial charge in [-0.15, -0.1) is 0 Å². The average molecular weight is 317 g/mol. The maximum atomic E-state index is 12.0. The van der Waals surface area contributed by atoms with Gasteiger partial charge in [-0.05, 0) is 56.7 Å². The molecule has 1 aromatic carbocycles. The van der Waals surface area contributed by atoms with Gasteiger partial charge in [0.1, 0.15) is 0 Å². The predicted octanol–water partition coefficient (Wildman–Crippen LogP) is 3.53. The minimum absolute atomic E-state index is 0.0816. The summed E-state index contributed by atoms with van der Waals surface area (Å²) in [6.45, 7) is 6.34. The lowest BCUT2D eigenvalue weighted by atomic mass is 10.0. The second kappa shape index (κ2) is 7.99. The third-order valence-electron chi connectivity index (χ3n) is 3.85. The predicted molar refractivity (Wildman–Crippen MR) is 92.6 cm³/mol. The summed E-state index contributed by atoms with van der Waals surface area (Å²) < 4.78 is 0. The molecule has 1 fully saturated rings. The van der Waals surface area contributed by atoms with Crippen molar-refractivity contribution in [3.8, 4) is 0 Å². The third-order valence-corrected chi connectivity index (χ3v) is 3.85. The van der Waals surface area contributed by atoms with Crippen LogP contribution in [-0.4, -0.2) is 24.0 Å². The Morgan fingerprint density at radius 3 is 2.57 bits per heavy atom. The molecule has 0 aliphatic heterocycles. The normalized spacial score (nSPS) is 15.1. The zero-order valence-electron chi connectivity index (χ0n) is 14.2. The van der Waals surface area contributed by atoms with Crippen molar-refractivity contribution in [2.75, 3.05) is 5.32 Å². The molecule has 3 amide bonds. The molecule has 23 heavy (non-hydrogen) atoms. The fourth-order valence-corrected chi connectivity index (χ4v) is 2.28. The van der Waals surface area contributed by atoms with E-state index < -0.39 is 0 Å². The Labute approximate surface area is 138 Å². The van der Waals surface area contributed by atoms with Gasteiger partial charge in [0.2, 0.25) is 0 Å². The minimum Gasteiger partial charge on any atom is -0.349 e. The number of anilines is 1. The highest BCUT2D eigenvalue weighted by atomic mass is 16.2. The Kier molecular flexibility index (Phi) is 6.02. The first-order valence-corrected chi connectivity index (χ1v) is 8.42. The molecule has 5 nitrogen and oxygen atoms in total. The number of nitrogens with one attached hydrogen (secondary N) is 3.